The van der Waals surface area contributed by atoms with Crippen molar-refractivity contribution in [2.24, 2.45) is 11.5 Å². The highest BCUT2D eigenvalue weighted by molar-refractivity contribution is 6.88. The van der Waals surface area contributed by atoms with Crippen molar-refractivity contribution in [3.05, 3.63) is 12.2 Å². The van der Waals surface area contributed by atoms with E-state index in [-0.39, 0.29) is 5.97 Å². The van der Waals surface area contributed by atoms with Crippen molar-refractivity contribution >= 4 is 31.2 Å². The summed E-state index contributed by atoms with van der Waals surface area (Å²) in [6.45, 7) is 18.2. The fourth-order valence-electron chi connectivity index (χ4n) is 3.13. The number of rotatable bonds is 15. The molecule has 6 nitrogen and oxygen atoms in total. The van der Waals surface area contributed by atoms with E-state index in [4.69, 9.17) is 24.4 Å². The first kappa shape index (κ1) is 26.7. The van der Waals surface area contributed by atoms with Gasteiger partial charge in [-0.1, -0.05) is 6.58 Å². The number of hydrogen-bond donors (Lipinski definition) is 2. The minimum Gasteiger partial charge on any atom is -0.462 e. The molecule has 160 valence electrons. The first-order valence-corrected chi connectivity index (χ1v) is 18.7. The van der Waals surface area contributed by atoms with Crippen LogP contribution in [0.4, 0.5) is 0 Å². The molecule has 0 rings (SSSR count). The monoisotopic (exact) mass is 434 g/mol. The summed E-state index contributed by atoms with van der Waals surface area (Å²) >= 11 is 0. The zero-order valence-corrected chi connectivity index (χ0v) is 21.4. The third-order valence-electron chi connectivity index (χ3n) is 4.31. The molecule has 0 aromatic rings. The molecule has 0 saturated heterocycles. The van der Waals surface area contributed by atoms with Gasteiger partial charge in [0, 0.05) is 5.57 Å². The van der Waals surface area contributed by atoms with E-state index < -0.39 is 25.2 Å². The molecule has 0 aliphatic rings. The number of carbonyl (C=O) groups excluding carboxylic acids is 1. The molecule has 0 aromatic heterocycles. The van der Waals surface area contributed by atoms with Crippen molar-refractivity contribution in [3.63, 3.8) is 0 Å². The quantitative estimate of drug-likeness (QED) is 0.176. The molecule has 0 radical (unpaired) electrons. The fourth-order valence-corrected chi connectivity index (χ4v) is 17.6. The van der Waals surface area contributed by atoms with Crippen LogP contribution in [0.15, 0.2) is 12.2 Å². The van der Waals surface area contributed by atoms with Crippen LogP contribution in [0.25, 0.3) is 0 Å². The predicted molar refractivity (Wildman–Crippen MR) is 121 cm³/mol. The molecule has 0 saturated carbocycles. The van der Waals surface area contributed by atoms with E-state index in [1.165, 1.54) is 0 Å². The smallest absolute Gasteiger partial charge is 0.333 e. The topological polar surface area (TPSA) is 96.8 Å². The largest absolute Gasteiger partial charge is 0.462 e. The van der Waals surface area contributed by atoms with E-state index >= 15 is 0 Å². The number of nitrogens with two attached hydrogens (primary N) is 2. The van der Waals surface area contributed by atoms with Gasteiger partial charge in [0.2, 0.25) is 0 Å². The van der Waals surface area contributed by atoms with Crippen LogP contribution in [0.1, 0.15) is 26.2 Å². The van der Waals surface area contributed by atoms with Gasteiger partial charge >= 0.3 is 14.5 Å². The third-order valence-corrected chi connectivity index (χ3v) is 16.6. The number of esters is 1. The Balaban J connectivity index is 5.01. The summed E-state index contributed by atoms with van der Waals surface area (Å²) in [5.74, 6) is -0.337. The highest BCUT2D eigenvalue weighted by Crippen LogP contribution is 2.29. The van der Waals surface area contributed by atoms with Gasteiger partial charge in [-0.05, 0) is 90.1 Å². The standard InChI is InChI=1S/C18H42N2O4Si3/c1-17(2)18(21)22-13-10-16-27(7,23-25(3,4)14-8-11-19)24-26(5,6)15-9-12-20/h1,8-16,19-20H2,2-7H3. The second-order valence-corrected chi connectivity index (χ2v) is 21.1. The van der Waals surface area contributed by atoms with Gasteiger partial charge in [0.1, 0.15) is 0 Å². The molecule has 0 aliphatic heterocycles. The van der Waals surface area contributed by atoms with E-state index in [1.807, 2.05) is 0 Å². The van der Waals surface area contributed by atoms with Gasteiger partial charge in [-0.15, -0.1) is 0 Å². The first-order chi connectivity index (χ1) is 12.4. The lowest BCUT2D eigenvalue weighted by Crippen LogP contribution is -2.54. The van der Waals surface area contributed by atoms with Crippen molar-refractivity contribution in [3.8, 4) is 0 Å². The van der Waals surface area contributed by atoms with E-state index in [9.17, 15) is 4.79 Å². The lowest BCUT2D eigenvalue weighted by molar-refractivity contribution is -0.138. The maximum Gasteiger partial charge on any atom is 0.333 e. The lowest BCUT2D eigenvalue weighted by Gasteiger charge is -2.41. The van der Waals surface area contributed by atoms with Gasteiger partial charge < -0.3 is 24.4 Å². The van der Waals surface area contributed by atoms with Crippen LogP contribution in [0, 0.1) is 0 Å². The Morgan fingerprint density at radius 2 is 1.30 bits per heavy atom. The molecule has 0 bridgehead atoms. The second kappa shape index (κ2) is 12.3. The molecule has 0 atom stereocenters. The van der Waals surface area contributed by atoms with Gasteiger partial charge in [-0.25, -0.2) is 4.79 Å². The Morgan fingerprint density at radius 1 is 0.852 bits per heavy atom. The molecule has 0 aliphatic carbocycles. The summed E-state index contributed by atoms with van der Waals surface area (Å²) in [4.78, 5) is 11.6. The summed E-state index contributed by atoms with van der Waals surface area (Å²) in [7, 11) is -6.11. The normalized spacial score (nSPS) is 12.9. The van der Waals surface area contributed by atoms with E-state index in [0.717, 1.165) is 37.4 Å². The van der Waals surface area contributed by atoms with Crippen LogP contribution < -0.4 is 11.5 Å². The van der Waals surface area contributed by atoms with Crippen molar-refractivity contribution in [2.45, 2.75) is 77.1 Å². The first-order valence-electron chi connectivity index (χ1n) is 9.99. The third kappa shape index (κ3) is 12.7. The minimum atomic E-state index is -2.39. The Bertz CT molecular complexity index is 452. The van der Waals surface area contributed by atoms with Crippen LogP contribution in [-0.4, -0.2) is 50.9 Å². The van der Waals surface area contributed by atoms with Crippen LogP contribution >= 0.6 is 0 Å². The molecule has 0 unspecified atom stereocenters. The molecule has 0 amide bonds. The molecule has 0 aromatic carbocycles. The van der Waals surface area contributed by atoms with Crippen molar-refractivity contribution in [2.75, 3.05) is 19.7 Å². The Hall–Kier alpha value is -0.299. The van der Waals surface area contributed by atoms with Crippen molar-refractivity contribution in [1.29, 1.82) is 0 Å². The maximum absolute atomic E-state index is 11.6. The summed E-state index contributed by atoms with van der Waals surface area (Å²) < 4.78 is 18.7. The van der Waals surface area contributed by atoms with Crippen molar-refractivity contribution < 1.29 is 17.8 Å². The molecule has 0 fully saturated rings. The molecule has 9 heteroatoms. The van der Waals surface area contributed by atoms with Gasteiger partial charge in [0.25, 0.3) is 0 Å². The average Bonchev–Trinajstić information content (AvgIpc) is 2.53. The van der Waals surface area contributed by atoms with Crippen LogP contribution in [0.5, 0.6) is 0 Å². The molecule has 0 heterocycles. The predicted octanol–water partition coefficient (Wildman–Crippen LogP) is 3.71. The summed E-state index contributed by atoms with van der Waals surface area (Å²) in [5.41, 5.74) is 11.8. The highest BCUT2D eigenvalue weighted by Gasteiger charge is 2.42. The van der Waals surface area contributed by atoms with Gasteiger partial charge in [0.05, 0.1) is 6.61 Å². The molecular weight excluding hydrogens is 392 g/mol. The Morgan fingerprint density at radius 3 is 1.67 bits per heavy atom. The summed E-state index contributed by atoms with van der Waals surface area (Å²) in [6, 6.07) is 2.88. The van der Waals surface area contributed by atoms with Crippen LogP contribution in [0.3, 0.4) is 0 Å². The van der Waals surface area contributed by atoms with Crippen LogP contribution in [-0.2, 0) is 17.8 Å². The molecule has 27 heavy (non-hydrogen) atoms. The zero-order chi connectivity index (χ0) is 21.1. The van der Waals surface area contributed by atoms with Gasteiger partial charge in [0.15, 0.2) is 16.6 Å². The van der Waals surface area contributed by atoms with Crippen molar-refractivity contribution in [1.82, 2.24) is 0 Å². The van der Waals surface area contributed by atoms with Gasteiger partial charge in [-0.2, -0.15) is 0 Å². The fraction of sp³-hybridized carbons (Fsp3) is 0.833. The Kier molecular flexibility index (Phi) is 12.2. The van der Waals surface area contributed by atoms with E-state index in [0.29, 0.717) is 25.3 Å². The SMILES string of the molecule is C=C(C)C(=O)OCCC[Si](C)(O[Si](C)(C)CCCN)O[Si](C)(C)CCCN. The number of hydrogen-bond acceptors (Lipinski definition) is 6. The van der Waals surface area contributed by atoms with E-state index in [2.05, 4.69) is 39.3 Å². The van der Waals surface area contributed by atoms with Crippen LogP contribution in [0.2, 0.25) is 50.9 Å². The lowest BCUT2D eigenvalue weighted by atomic mass is 10.4. The van der Waals surface area contributed by atoms with E-state index in [1.54, 1.807) is 6.92 Å². The summed E-state index contributed by atoms with van der Waals surface area (Å²) in [5, 5.41) is 0. The summed E-state index contributed by atoms with van der Waals surface area (Å²) in [6.07, 6.45) is 2.70. The second-order valence-electron chi connectivity index (χ2n) is 8.66. The molecule has 4 N–H and O–H groups in total. The number of carbonyl (C=O) groups is 1. The highest BCUT2D eigenvalue weighted by atomic mass is 28.5. The van der Waals surface area contributed by atoms with Gasteiger partial charge in [-0.3, -0.25) is 0 Å². The zero-order valence-electron chi connectivity index (χ0n) is 18.4. The Labute approximate surface area is 169 Å². The average molecular weight is 435 g/mol. The molecular formula is C18H42N2O4Si3. The molecule has 0 spiro atoms. The number of ether oxygens (including phenoxy) is 1. The maximum atomic E-state index is 11.6. The minimum absolute atomic E-state index is 0.337.